The van der Waals surface area contributed by atoms with Crippen LogP contribution in [0.15, 0.2) is 0 Å². The molecule has 0 aromatic heterocycles. The lowest BCUT2D eigenvalue weighted by Crippen LogP contribution is -2.55. The van der Waals surface area contributed by atoms with Gasteiger partial charge < -0.3 is 15.7 Å². The van der Waals surface area contributed by atoms with Crippen molar-refractivity contribution in [2.24, 2.45) is 5.92 Å². The zero-order valence-corrected chi connectivity index (χ0v) is 14.7. The van der Waals surface area contributed by atoms with Gasteiger partial charge >= 0.3 is 0 Å². The average molecular weight is 338 g/mol. The van der Waals surface area contributed by atoms with Crippen LogP contribution in [0, 0.1) is 11.1 Å². The fourth-order valence-corrected chi connectivity index (χ4v) is 4.82. The summed E-state index contributed by atoms with van der Waals surface area (Å²) in [6.45, 7) is 2.72. The molecule has 2 saturated heterocycles. The lowest BCUT2D eigenvalue weighted by Gasteiger charge is -2.42. The van der Waals surface area contributed by atoms with Gasteiger partial charge in [-0.1, -0.05) is 12.8 Å². The molecular weight excluding hydrogens is 306 g/mol. The number of hydrogen-bond acceptors (Lipinski definition) is 6. The number of hydroxylamine groups is 2. The summed E-state index contributed by atoms with van der Waals surface area (Å²) in [4.78, 5) is 15.2. The van der Waals surface area contributed by atoms with Crippen LogP contribution >= 0.6 is 0 Å². The standard InChI is InChI=1S/C18H32N3O3/c22-18(14-7-9-15(10-8-14)21(23)24)13-20-12-4-2-6-17(20)16-5-1-3-11-19-16/h14-17,19,23H,1-13H2/q-1. The maximum absolute atomic E-state index is 12.8. The highest BCUT2D eigenvalue weighted by Gasteiger charge is 2.34. The minimum Gasteiger partial charge on any atom is -0.762 e. The van der Waals surface area contributed by atoms with Crippen molar-refractivity contribution < 1.29 is 10.0 Å². The summed E-state index contributed by atoms with van der Waals surface area (Å²) in [5, 5.41) is 23.8. The Kier molecular flexibility index (Phi) is 6.63. The molecule has 1 saturated carbocycles. The normalized spacial score (nSPS) is 36.0. The van der Waals surface area contributed by atoms with Gasteiger partial charge in [-0.2, -0.15) is 0 Å². The second-order valence-corrected chi connectivity index (χ2v) is 7.86. The average Bonchev–Trinajstić information content (AvgIpc) is 2.63. The van der Waals surface area contributed by atoms with Gasteiger partial charge in [-0.15, -0.1) is 0 Å². The molecule has 0 aromatic carbocycles. The van der Waals surface area contributed by atoms with Crippen LogP contribution in [-0.4, -0.2) is 58.9 Å². The van der Waals surface area contributed by atoms with Gasteiger partial charge in [-0.3, -0.25) is 14.9 Å². The quantitative estimate of drug-likeness (QED) is 0.749. The first-order valence-electron chi connectivity index (χ1n) is 9.80. The van der Waals surface area contributed by atoms with Crippen molar-refractivity contribution in [2.45, 2.75) is 82.3 Å². The highest BCUT2D eigenvalue weighted by Crippen LogP contribution is 2.29. The number of carbonyl (C=O) groups excluding carboxylic acids is 1. The number of rotatable bonds is 5. The Morgan fingerprint density at radius 3 is 2.50 bits per heavy atom. The van der Waals surface area contributed by atoms with Crippen molar-refractivity contribution in [1.29, 1.82) is 0 Å². The third-order valence-electron chi connectivity index (χ3n) is 6.30. The maximum atomic E-state index is 12.8. The van der Waals surface area contributed by atoms with Crippen LogP contribution in [0.2, 0.25) is 0 Å². The van der Waals surface area contributed by atoms with Crippen molar-refractivity contribution in [1.82, 2.24) is 15.4 Å². The second-order valence-electron chi connectivity index (χ2n) is 7.86. The topological polar surface area (TPSA) is 78.9 Å². The first-order valence-corrected chi connectivity index (χ1v) is 9.80. The zero-order chi connectivity index (χ0) is 16.9. The number of piperidine rings is 2. The van der Waals surface area contributed by atoms with Crippen LogP contribution in [-0.2, 0) is 4.79 Å². The highest BCUT2D eigenvalue weighted by molar-refractivity contribution is 5.83. The molecule has 138 valence electrons. The molecule has 3 fully saturated rings. The SMILES string of the molecule is O=C(CN1CCCCC1C1CCCCN1)C1CCC(N([O-])O)CC1. The van der Waals surface area contributed by atoms with Gasteiger partial charge in [0.05, 0.1) is 6.54 Å². The Hall–Kier alpha value is -0.530. The third kappa shape index (κ3) is 4.55. The molecule has 0 amide bonds. The lowest BCUT2D eigenvalue weighted by atomic mass is 9.83. The van der Waals surface area contributed by atoms with Gasteiger partial charge in [0.25, 0.3) is 0 Å². The minimum atomic E-state index is -0.316. The molecule has 3 rings (SSSR count). The number of carbonyl (C=O) groups is 1. The first-order chi connectivity index (χ1) is 11.6. The molecule has 2 unspecified atom stereocenters. The van der Waals surface area contributed by atoms with Crippen LogP contribution < -0.4 is 5.32 Å². The number of Topliss-reactive ketones (excluding diaryl/α,β-unsaturated/α-hetero) is 1. The van der Waals surface area contributed by atoms with Crippen LogP contribution in [0.25, 0.3) is 0 Å². The van der Waals surface area contributed by atoms with E-state index in [2.05, 4.69) is 10.2 Å². The van der Waals surface area contributed by atoms with E-state index in [4.69, 9.17) is 5.21 Å². The van der Waals surface area contributed by atoms with E-state index < -0.39 is 0 Å². The van der Waals surface area contributed by atoms with E-state index in [1.807, 2.05) is 0 Å². The van der Waals surface area contributed by atoms with E-state index in [0.717, 1.165) is 25.9 Å². The molecule has 3 aliphatic rings. The molecule has 2 heterocycles. The number of nitrogens with one attached hydrogen (secondary N) is 1. The van der Waals surface area contributed by atoms with Crippen LogP contribution in [0.5, 0.6) is 0 Å². The van der Waals surface area contributed by atoms with Gasteiger partial charge in [0.1, 0.15) is 5.78 Å². The molecule has 0 radical (unpaired) electrons. The molecule has 6 heteroatoms. The molecule has 0 aromatic rings. The number of nitrogens with zero attached hydrogens (tertiary/aromatic N) is 2. The summed E-state index contributed by atoms with van der Waals surface area (Å²) < 4.78 is 0. The van der Waals surface area contributed by atoms with Crippen molar-refractivity contribution >= 4 is 5.78 Å². The molecular formula is C18H32N3O3-. The van der Waals surface area contributed by atoms with Gasteiger partial charge in [-0.05, 0) is 64.5 Å². The molecule has 24 heavy (non-hydrogen) atoms. The Morgan fingerprint density at radius 1 is 1.08 bits per heavy atom. The Balaban J connectivity index is 1.52. The first kappa shape index (κ1) is 18.3. The fraction of sp³-hybridized carbons (Fsp3) is 0.944. The summed E-state index contributed by atoms with van der Waals surface area (Å²) in [5.41, 5.74) is 0. The van der Waals surface area contributed by atoms with Crippen molar-refractivity contribution in [3.05, 3.63) is 5.21 Å². The monoisotopic (exact) mass is 338 g/mol. The molecule has 0 bridgehead atoms. The molecule has 0 spiro atoms. The Morgan fingerprint density at radius 2 is 1.83 bits per heavy atom. The van der Waals surface area contributed by atoms with Gasteiger partial charge in [-0.25, -0.2) is 0 Å². The third-order valence-corrected chi connectivity index (χ3v) is 6.30. The Labute approximate surface area is 145 Å². The van der Waals surface area contributed by atoms with Gasteiger partial charge in [0.2, 0.25) is 0 Å². The summed E-state index contributed by atoms with van der Waals surface area (Å²) in [6, 6.07) is 0.739. The van der Waals surface area contributed by atoms with E-state index >= 15 is 0 Å². The molecule has 2 N–H and O–H groups in total. The molecule has 1 aliphatic carbocycles. The molecule has 6 nitrogen and oxygen atoms in total. The fourth-order valence-electron chi connectivity index (χ4n) is 4.82. The number of likely N-dealkylation sites (tertiary alicyclic amines) is 1. The maximum Gasteiger partial charge on any atom is 0.149 e. The summed E-state index contributed by atoms with van der Waals surface area (Å²) in [6.07, 6.45) is 10.2. The van der Waals surface area contributed by atoms with Crippen LogP contribution in [0.1, 0.15) is 64.2 Å². The zero-order valence-electron chi connectivity index (χ0n) is 14.7. The summed E-state index contributed by atoms with van der Waals surface area (Å²) in [7, 11) is 0. The Bertz CT molecular complexity index is 404. The molecule has 2 atom stereocenters. The second kappa shape index (κ2) is 8.72. The predicted molar refractivity (Wildman–Crippen MR) is 92.6 cm³/mol. The van der Waals surface area contributed by atoms with Gasteiger partial charge in [0.15, 0.2) is 0 Å². The number of hydrogen-bond donors (Lipinski definition) is 2. The summed E-state index contributed by atoms with van der Waals surface area (Å²) >= 11 is 0. The van der Waals surface area contributed by atoms with Crippen LogP contribution in [0.3, 0.4) is 0 Å². The highest BCUT2D eigenvalue weighted by atomic mass is 16.8. The van der Waals surface area contributed by atoms with E-state index in [9.17, 15) is 10.0 Å². The predicted octanol–water partition coefficient (Wildman–Crippen LogP) is 2.30. The van der Waals surface area contributed by atoms with E-state index in [1.165, 1.54) is 38.5 Å². The van der Waals surface area contributed by atoms with E-state index in [-0.39, 0.29) is 17.2 Å². The van der Waals surface area contributed by atoms with E-state index in [1.54, 1.807) is 0 Å². The van der Waals surface area contributed by atoms with E-state index in [0.29, 0.717) is 37.3 Å². The van der Waals surface area contributed by atoms with Crippen LogP contribution in [0.4, 0.5) is 0 Å². The summed E-state index contributed by atoms with van der Waals surface area (Å²) in [5.74, 6) is 0.412. The van der Waals surface area contributed by atoms with Crippen molar-refractivity contribution in [3.63, 3.8) is 0 Å². The smallest absolute Gasteiger partial charge is 0.149 e. The molecule has 2 aliphatic heterocycles. The largest absolute Gasteiger partial charge is 0.762 e. The minimum absolute atomic E-state index is 0.0723. The lowest BCUT2D eigenvalue weighted by molar-refractivity contribution is -0.129. The van der Waals surface area contributed by atoms with Crippen molar-refractivity contribution in [3.8, 4) is 0 Å². The van der Waals surface area contributed by atoms with Gasteiger partial charge in [0, 0.05) is 24.0 Å². The number of ketones is 1. The van der Waals surface area contributed by atoms with Crippen molar-refractivity contribution in [2.75, 3.05) is 19.6 Å².